The number of nitrogens with one attached hydrogen (secondary N) is 1. The van der Waals surface area contributed by atoms with Crippen molar-refractivity contribution in [2.75, 3.05) is 16.8 Å². The standard InChI is InChI=1S/C26H26N2O2/c29-25(30)28(22-12-13-24-21(17-22)14-16-27-24)26(18-19-7-2-1-3-8-19)15-6-10-20-9-4-5-11-23(20)26/h1-5,7-9,11-13,17,27H,6,10,14-16,18H2,(H,29,30). The first-order valence-corrected chi connectivity index (χ1v) is 10.7. The molecule has 4 heteroatoms. The van der Waals surface area contributed by atoms with Crippen LogP contribution in [0.2, 0.25) is 0 Å². The summed E-state index contributed by atoms with van der Waals surface area (Å²) in [7, 11) is 0. The van der Waals surface area contributed by atoms with Crippen LogP contribution in [0.15, 0.2) is 72.8 Å². The number of fused-ring (bicyclic) bond motifs is 2. The predicted octanol–water partition coefficient (Wildman–Crippen LogP) is 5.61. The van der Waals surface area contributed by atoms with Crippen LogP contribution in [0.25, 0.3) is 0 Å². The van der Waals surface area contributed by atoms with Gasteiger partial charge in [-0.25, -0.2) is 4.79 Å². The van der Waals surface area contributed by atoms with Crippen molar-refractivity contribution in [2.45, 2.75) is 37.6 Å². The van der Waals surface area contributed by atoms with Gasteiger partial charge in [0.05, 0.1) is 5.54 Å². The molecule has 1 unspecified atom stereocenters. The lowest BCUT2D eigenvalue weighted by Crippen LogP contribution is -2.52. The molecule has 0 bridgehead atoms. The smallest absolute Gasteiger partial charge is 0.412 e. The second-order valence-electron chi connectivity index (χ2n) is 8.34. The van der Waals surface area contributed by atoms with Crippen LogP contribution in [-0.2, 0) is 24.8 Å². The van der Waals surface area contributed by atoms with Gasteiger partial charge in [-0.2, -0.15) is 0 Å². The number of rotatable bonds is 4. The molecular formula is C26H26N2O2. The molecule has 0 spiro atoms. The molecule has 3 aromatic rings. The molecule has 1 aliphatic carbocycles. The van der Waals surface area contributed by atoms with Crippen LogP contribution in [-0.4, -0.2) is 17.7 Å². The van der Waals surface area contributed by atoms with Crippen LogP contribution >= 0.6 is 0 Å². The summed E-state index contributed by atoms with van der Waals surface area (Å²) in [5.74, 6) is 0. The van der Waals surface area contributed by atoms with E-state index in [1.165, 1.54) is 11.1 Å². The largest absolute Gasteiger partial charge is 0.465 e. The Hall–Kier alpha value is -3.27. The Balaban J connectivity index is 1.70. The molecule has 2 aliphatic rings. The molecule has 0 fully saturated rings. The van der Waals surface area contributed by atoms with E-state index in [0.29, 0.717) is 6.42 Å². The summed E-state index contributed by atoms with van der Waals surface area (Å²) >= 11 is 0. The third-order valence-corrected chi connectivity index (χ3v) is 6.57. The summed E-state index contributed by atoms with van der Waals surface area (Å²) in [5.41, 5.74) is 6.00. The van der Waals surface area contributed by atoms with Gasteiger partial charge in [-0.1, -0.05) is 54.6 Å². The second-order valence-corrected chi connectivity index (χ2v) is 8.34. The highest BCUT2D eigenvalue weighted by molar-refractivity contribution is 5.89. The molecule has 1 atom stereocenters. The van der Waals surface area contributed by atoms with Crippen LogP contribution in [0, 0.1) is 0 Å². The zero-order chi connectivity index (χ0) is 20.6. The lowest BCUT2D eigenvalue weighted by molar-refractivity contribution is 0.187. The first-order valence-electron chi connectivity index (χ1n) is 10.7. The number of carbonyl (C=O) groups is 1. The van der Waals surface area contributed by atoms with Crippen molar-refractivity contribution in [3.05, 3.63) is 95.1 Å². The molecule has 1 heterocycles. The van der Waals surface area contributed by atoms with E-state index in [9.17, 15) is 9.90 Å². The number of amides is 1. The molecule has 0 saturated carbocycles. The van der Waals surface area contributed by atoms with E-state index < -0.39 is 11.6 Å². The zero-order valence-corrected chi connectivity index (χ0v) is 17.0. The van der Waals surface area contributed by atoms with Gasteiger partial charge >= 0.3 is 6.09 Å². The van der Waals surface area contributed by atoms with Crippen molar-refractivity contribution >= 4 is 17.5 Å². The Morgan fingerprint density at radius 2 is 1.77 bits per heavy atom. The summed E-state index contributed by atoms with van der Waals surface area (Å²) in [6, 6.07) is 24.7. The van der Waals surface area contributed by atoms with Crippen LogP contribution < -0.4 is 10.2 Å². The molecule has 2 N–H and O–H groups in total. The molecule has 5 rings (SSSR count). The third-order valence-electron chi connectivity index (χ3n) is 6.57. The normalized spacial score (nSPS) is 19.5. The molecule has 0 radical (unpaired) electrons. The minimum absolute atomic E-state index is 0.623. The van der Waals surface area contributed by atoms with E-state index in [1.54, 1.807) is 4.90 Å². The first-order chi connectivity index (χ1) is 14.7. The van der Waals surface area contributed by atoms with Crippen LogP contribution in [0.3, 0.4) is 0 Å². The Morgan fingerprint density at radius 3 is 2.60 bits per heavy atom. The lowest BCUT2D eigenvalue weighted by Gasteiger charge is -2.46. The molecule has 1 aliphatic heterocycles. The van der Waals surface area contributed by atoms with E-state index >= 15 is 0 Å². The number of hydrogen-bond acceptors (Lipinski definition) is 2. The maximum Gasteiger partial charge on any atom is 0.412 e. The minimum Gasteiger partial charge on any atom is -0.465 e. The van der Waals surface area contributed by atoms with E-state index in [-0.39, 0.29) is 0 Å². The van der Waals surface area contributed by atoms with E-state index in [1.807, 2.05) is 36.4 Å². The molecule has 3 aromatic carbocycles. The van der Waals surface area contributed by atoms with Crippen molar-refractivity contribution in [2.24, 2.45) is 0 Å². The monoisotopic (exact) mass is 398 g/mol. The van der Waals surface area contributed by atoms with Gasteiger partial charge < -0.3 is 10.4 Å². The van der Waals surface area contributed by atoms with Gasteiger partial charge in [-0.05, 0) is 66.1 Å². The Kier molecular flexibility index (Phi) is 4.70. The number of hydrogen-bond donors (Lipinski definition) is 2. The summed E-state index contributed by atoms with van der Waals surface area (Å²) in [6.45, 7) is 0.907. The van der Waals surface area contributed by atoms with Gasteiger partial charge in [0.1, 0.15) is 0 Å². The third kappa shape index (κ3) is 3.13. The number of aryl methyl sites for hydroxylation is 1. The SMILES string of the molecule is O=C(O)N(c1ccc2c(c1)CCN2)C1(Cc2ccccc2)CCCc2ccccc21. The zero-order valence-electron chi connectivity index (χ0n) is 17.0. The van der Waals surface area contributed by atoms with Gasteiger partial charge in [0, 0.05) is 24.3 Å². The molecule has 152 valence electrons. The summed E-state index contributed by atoms with van der Waals surface area (Å²) < 4.78 is 0. The van der Waals surface area contributed by atoms with Crippen molar-refractivity contribution < 1.29 is 9.90 Å². The lowest BCUT2D eigenvalue weighted by atomic mass is 9.72. The van der Waals surface area contributed by atoms with Crippen LogP contribution in [0.4, 0.5) is 16.2 Å². The minimum atomic E-state index is -0.895. The fourth-order valence-electron chi connectivity index (χ4n) is 5.30. The average molecular weight is 399 g/mol. The van der Waals surface area contributed by atoms with Crippen molar-refractivity contribution in [1.29, 1.82) is 0 Å². The van der Waals surface area contributed by atoms with Crippen LogP contribution in [0.1, 0.15) is 35.1 Å². The Bertz CT molecular complexity index is 1080. The number of benzene rings is 3. The molecule has 30 heavy (non-hydrogen) atoms. The highest BCUT2D eigenvalue weighted by atomic mass is 16.4. The molecule has 4 nitrogen and oxygen atoms in total. The van der Waals surface area contributed by atoms with E-state index in [2.05, 4.69) is 41.7 Å². The molecule has 0 aromatic heterocycles. The summed E-state index contributed by atoms with van der Waals surface area (Å²) in [5, 5.41) is 13.9. The molecular weight excluding hydrogens is 372 g/mol. The number of carboxylic acid groups (broad SMARTS) is 1. The number of anilines is 2. The predicted molar refractivity (Wildman–Crippen MR) is 120 cm³/mol. The Morgan fingerprint density at radius 1 is 0.967 bits per heavy atom. The van der Waals surface area contributed by atoms with Crippen molar-refractivity contribution in [1.82, 2.24) is 0 Å². The fourth-order valence-corrected chi connectivity index (χ4v) is 5.30. The first kappa shape index (κ1) is 18.7. The molecule has 1 amide bonds. The fraction of sp³-hybridized carbons (Fsp3) is 0.269. The van der Waals surface area contributed by atoms with Gasteiger partial charge in [-0.3, -0.25) is 4.90 Å². The molecule has 0 saturated heterocycles. The maximum absolute atomic E-state index is 12.8. The Labute approximate surface area is 177 Å². The number of nitrogens with zero attached hydrogens (tertiary/aromatic N) is 1. The average Bonchev–Trinajstić information content (AvgIpc) is 3.23. The van der Waals surface area contributed by atoms with Gasteiger partial charge in [0.25, 0.3) is 0 Å². The van der Waals surface area contributed by atoms with Gasteiger partial charge in [0.15, 0.2) is 0 Å². The summed E-state index contributed by atoms with van der Waals surface area (Å²) in [6.07, 6.45) is 3.47. The van der Waals surface area contributed by atoms with Crippen molar-refractivity contribution in [3.63, 3.8) is 0 Å². The maximum atomic E-state index is 12.8. The van der Waals surface area contributed by atoms with Gasteiger partial charge in [0.2, 0.25) is 0 Å². The second kappa shape index (κ2) is 7.52. The quantitative estimate of drug-likeness (QED) is 0.600. The highest BCUT2D eigenvalue weighted by Crippen LogP contribution is 2.45. The summed E-state index contributed by atoms with van der Waals surface area (Å²) in [4.78, 5) is 14.5. The van der Waals surface area contributed by atoms with Crippen molar-refractivity contribution in [3.8, 4) is 0 Å². The topological polar surface area (TPSA) is 52.6 Å². The van der Waals surface area contributed by atoms with Gasteiger partial charge in [-0.15, -0.1) is 0 Å². The van der Waals surface area contributed by atoms with E-state index in [4.69, 9.17) is 0 Å². The highest BCUT2D eigenvalue weighted by Gasteiger charge is 2.45. The van der Waals surface area contributed by atoms with Crippen LogP contribution in [0.5, 0.6) is 0 Å². The van der Waals surface area contributed by atoms with E-state index in [0.717, 1.165) is 54.7 Å².